The van der Waals surface area contributed by atoms with Crippen LogP contribution in [-0.4, -0.2) is 16.9 Å². The standard InChI is InChI=1S/C14H20N4O/c1-9-7-10(2)13(12(8-9)19-4)14(17-15)11-5-6-16-18(11)3/h5-8,14,17H,15H2,1-4H3. The Morgan fingerprint density at radius 2 is 2.11 bits per heavy atom. The summed E-state index contributed by atoms with van der Waals surface area (Å²) >= 11 is 0. The molecule has 1 heterocycles. The van der Waals surface area contributed by atoms with Crippen LogP contribution in [-0.2, 0) is 7.05 Å². The molecule has 0 bridgehead atoms. The van der Waals surface area contributed by atoms with Gasteiger partial charge >= 0.3 is 0 Å². The summed E-state index contributed by atoms with van der Waals surface area (Å²) in [7, 11) is 3.57. The van der Waals surface area contributed by atoms with Gasteiger partial charge in [-0.3, -0.25) is 10.5 Å². The third-order valence-corrected chi connectivity index (χ3v) is 3.32. The quantitative estimate of drug-likeness (QED) is 0.647. The predicted molar refractivity (Wildman–Crippen MR) is 74.8 cm³/mol. The molecule has 0 fully saturated rings. The Balaban J connectivity index is 2.59. The highest BCUT2D eigenvalue weighted by Gasteiger charge is 2.22. The van der Waals surface area contributed by atoms with E-state index in [0.29, 0.717) is 0 Å². The molecule has 2 aromatic rings. The van der Waals surface area contributed by atoms with Gasteiger partial charge in [0.05, 0.1) is 18.8 Å². The highest BCUT2D eigenvalue weighted by Crippen LogP contribution is 2.33. The van der Waals surface area contributed by atoms with Gasteiger partial charge in [0.25, 0.3) is 0 Å². The summed E-state index contributed by atoms with van der Waals surface area (Å²) in [4.78, 5) is 0. The summed E-state index contributed by atoms with van der Waals surface area (Å²) < 4.78 is 7.31. The van der Waals surface area contributed by atoms with E-state index in [1.54, 1.807) is 13.3 Å². The van der Waals surface area contributed by atoms with Crippen molar-refractivity contribution >= 4 is 0 Å². The molecule has 1 aromatic heterocycles. The molecule has 5 heteroatoms. The first-order chi connectivity index (χ1) is 9.08. The molecule has 0 aliphatic carbocycles. The van der Waals surface area contributed by atoms with Gasteiger partial charge in [0.2, 0.25) is 0 Å². The van der Waals surface area contributed by atoms with E-state index in [4.69, 9.17) is 10.6 Å². The molecule has 19 heavy (non-hydrogen) atoms. The fourth-order valence-corrected chi connectivity index (χ4v) is 2.46. The molecule has 0 radical (unpaired) electrons. The van der Waals surface area contributed by atoms with Crippen LogP contribution in [0, 0.1) is 13.8 Å². The second-order valence-electron chi connectivity index (χ2n) is 4.68. The van der Waals surface area contributed by atoms with E-state index in [1.165, 1.54) is 5.56 Å². The van der Waals surface area contributed by atoms with Gasteiger partial charge in [0, 0.05) is 18.8 Å². The number of ether oxygens (including phenoxy) is 1. The van der Waals surface area contributed by atoms with E-state index >= 15 is 0 Å². The monoisotopic (exact) mass is 260 g/mol. The molecule has 0 amide bonds. The number of nitrogens with zero attached hydrogens (tertiary/aromatic N) is 2. The van der Waals surface area contributed by atoms with Crippen molar-refractivity contribution in [3.05, 3.63) is 46.8 Å². The van der Waals surface area contributed by atoms with Crippen LogP contribution >= 0.6 is 0 Å². The number of nitrogens with one attached hydrogen (secondary N) is 1. The van der Waals surface area contributed by atoms with Gasteiger partial charge in [0.1, 0.15) is 5.75 Å². The molecule has 1 unspecified atom stereocenters. The smallest absolute Gasteiger partial charge is 0.124 e. The van der Waals surface area contributed by atoms with Gasteiger partial charge in [-0.2, -0.15) is 5.10 Å². The van der Waals surface area contributed by atoms with Gasteiger partial charge in [-0.05, 0) is 37.1 Å². The van der Waals surface area contributed by atoms with E-state index in [2.05, 4.69) is 23.5 Å². The fourth-order valence-electron chi connectivity index (χ4n) is 2.46. The number of hydrogen-bond acceptors (Lipinski definition) is 4. The highest BCUT2D eigenvalue weighted by atomic mass is 16.5. The highest BCUT2D eigenvalue weighted by molar-refractivity contribution is 5.47. The van der Waals surface area contributed by atoms with Crippen molar-refractivity contribution < 1.29 is 4.74 Å². The van der Waals surface area contributed by atoms with Crippen molar-refractivity contribution in [3.8, 4) is 5.75 Å². The number of benzene rings is 1. The number of methoxy groups -OCH3 is 1. The molecular weight excluding hydrogens is 240 g/mol. The first-order valence-corrected chi connectivity index (χ1v) is 6.17. The lowest BCUT2D eigenvalue weighted by Gasteiger charge is -2.22. The third kappa shape index (κ3) is 2.47. The van der Waals surface area contributed by atoms with E-state index in [1.807, 2.05) is 30.8 Å². The molecule has 1 atom stereocenters. The zero-order chi connectivity index (χ0) is 14.0. The van der Waals surface area contributed by atoms with Crippen molar-refractivity contribution in [1.29, 1.82) is 0 Å². The maximum atomic E-state index is 5.75. The summed E-state index contributed by atoms with van der Waals surface area (Å²) in [5, 5.41) is 4.19. The molecule has 102 valence electrons. The van der Waals surface area contributed by atoms with Gasteiger partial charge in [0.15, 0.2) is 0 Å². The van der Waals surface area contributed by atoms with E-state index < -0.39 is 0 Å². The van der Waals surface area contributed by atoms with Crippen LogP contribution in [0.2, 0.25) is 0 Å². The molecule has 2 rings (SSSR count). The molecule has 5 nitrogen and oxygen atoms in total. The molecule has 1 aromatic carbocycles. The summed E-state index contributed by atoms with van der Waals surface area (Å²) in [5.74, 6) is 6.58. The average Bonchev–Trinajstić information content (AvgIpc) is 2.78. The molecular formula is C14H20N4O. The largest absolute Gasteiger partial charge is 0.496 e. The molecule has 0 spiro atoms. The minimum Gasteiger partial charge on any atom is -0.496 e. The van der Waals surface area contributed by atoms with Gasteiger partial charge in [-0.15, -0.1) is 0 Å². The second-order valence-corrected chi connectivity index (χ2v) is 4.68. The number of hydrazine groups is 1. The topological polar surface area (TPSA) is 65.1 Å². The van der Waals surface area contributed by atoms with Crippen molar-refractivity contribution in [2.45, 2.75) is 19.9 Å². The summed E-state index contributed by atoms with van der Waals surface area (Å²) in [5.41, 5.74) is 7.20. The number of hydrogen-bond donors (Lipinski definition) is 2. The summed E-state index contributed by atoms with van der Waals surface area (Å²) in [6.07, 6.45) is 1.76. The minimum absolute atomic E-state index is 0.150. The van der Waals surface area contributed by atoms with Gasteiger partial charge in [-0.1, -0.05) is 6.07 Å². The number of aromatic nitrogens is 2. The van der Waals surface area contributed by atoms with Crippen LogP contribution in [0.25, 0.3) is 0 Å². The lowest BCUT2D eigenvalue weighted by Crippen LogP contribution is -2.31. The van der Waals surface area contributed by atoms with Gasteiger partial charge < -0.3 is 4.74 Å². The van der Waals surface area contributed by atoms with E-state index in [-0.39, 0.29) is 6.04 Å². The molecule has 0 saturated heterocycles. The Morgan fingerprint density at radius 1 is 1.37 bits per heavy atom. The summed E-state index contributed by atoms with van der Waals surface area (Å²) in [6, 6.07) is 5.94. The van der Waals surface area contributed by atoms with Crippen LogP contribution < -0.4 is 16.0 Å². The van der Waals surface area contributed by atoms with Crippen LogP contribution in [0.1, 0.15) is 28.4 Å². The van der Waals surface area contributed by atoms with Crippen molar-refractivity contribution in [1.82, 2.24) is 15.2 Å². The van der Waals surface area contributed by atoms with Gasteiger partial charge in [-0.25, -0.2) is 5.43 Å². The van der Waals surface area contributed by atoms with Crippen LogP contribution in [0.5, 0.6) is 5.75 Å². The van der Waals surface area contributed by atoms with Crippen molar-refractivity contribution in [2.24, 2.45) is 12.9 Å². The third-order valence-electron chi connectivity index (χ3n) is 3.32. The molecule has 0 aliphatic heterocycles. The summed E-state index contributed by atoms with van der Waals surface area (Å²) in [6.45, 7) is 4.11. The Bertz CT molecular complexity index is 577. The van der Waals surface area contributed by atoms with Crippen molar-refractivity contribution in [2.75, 3.05) is 7.11 Å². The SMILES string of the molecule is COc1cc(C)cc(C)c1C(NN)c1ccnn1C. The van der Waals surface area contributed by atoms with Crippen LogP contribution in [0.15, 0.2) is 24.4 Å². The number of rotatable bonds is 4. The maximum absolute atomic E-state index is 5.75. The predicted octanol–water partition coefficient (Wildman–Crippen LogP) is 1.60. The first kappa shape index (κ1) is 13.6. The Kier molecular flexibility index (Phi) is 3.87. The molecule has 3 N–H and O–H groups in total. The normalized spacial score (nSPS) is 12.5. The van der Waals surface area contributed by atoms with Crippen LogP contribution in [0.3, 0.4) is 0 Å². The maximum Gasteiger partial charge on any atom is 0.124 e. The first-order valence-electron chi connectivity index (χ1n) is 6.17. The van der Waals surface area contributed by atoms with Crippen LogP contribution in [0.4, 0.5) is 0 Å². The number of aryl methyl sites for hydroxylation is 3. The lowest BCUT2D eigenvalue weighted by atomic mass is 9.96. The fraction of sp³-hybridized carbons (Fsp3) is 0.357. The van der Waals surface area contributed by atoms with Crippen molar-refractivity contribution in [3.63, 3.8) is 0 Å². The lowest BCUT2D eigenvalue weighted by molar-refractivity contribution is 0.401. The Hall–Kier alpha value is -1.85. The average molecular weight is 260 g/mol. The zero-order valence-corrected chi connectivity index (χ0v) is 11.8. The Morgan fingerprint density at radius 3 is 2.63 bits per heavy atom. The molecule has 0 aliphatic rings. The zero-order valence-electron chi connectivity index (χ0n) is 11.8. The van der Waals surface area contributed by atoms with E-state index in [0.717, 1.165) is 22.6 Å². The van der Waals surface area contributed by atoms with E-state index in [9.17, 15) is 0 Å². The number of nitrogens with two attached hydrogens (primary N) is 1. The Labute approximate surface area is 113 Å². The second kappa shape index (κ2) is 5.42. The minimum atomic E-state index is -0.150. The molecule has 0 saturated carbocycles.